The van der Waals surface area contributed by atoms with Crippen LogP contribution in [-0.2, 0) is 11.2 Å². The highest BCUT2D eigenvalue weighted by Gasteiger charge is 2.31. The Hall–Kier alpha value is -3.62. The molecule has 3 amide bonds. The van der Waals surface area contributed by atoms with Crippen LogP contribution in [0.3, 0.4) is 0 Å². The highest BCUT2D eigenvalue weighted by molar-refractivity contribution is 6.02. The van der Waals surface area contributed by atoms with E-state index in [0.29, 0.717) is 29.9 Å². The van der Waals surface area contributed by atoms with Crippen LogP contribution in [0.5, 0.6) is 0 Å². The third-order valence-corrected chi connectivity index (χ3v) is 5.06. The standard InChI is InChI=1S/C20H23N5O4/c1-11-16-14(8-9-24(3)20(16)29)17(18(21)27)25(19(11)28)13-6-4-12(5-7-13)23-10-15(26)22-2/h4-7,23H,8-10H2,1-3H3,(H2,21,27)(H,22,26). The molecule has 2 heterocycles. The van der Waals surface area contributed by atoms with Crippen LogP contribution in [0.15, 0.2) is 29.1 Å². The van der Waals surface area contributed by atoms with Crippen LogP contribution in [0, 0.1) is 6.92 Å². The van der Waals surface area contributed by atoms with Crippen molar-refractivity contribution in [1.82, 2.24) is 14.8 Å². The zero-order chi connectivity index (χ0) is 21.3. The second-order valence-corrected chi connectivity index (χ2v) is 6.88. The number of primary amides is 1. The van der Waals surface area contributed by atoms with Crippen molar-refractivity contribution in [2.75, 3.05) is 32.5 Å². The molecule has 1 aromatic carbocycles. The lowest BCUT2D eigenvalue weighted by atomic mass is 9.93. The van der Waals surface area contributed by atoms with Crippen molar-refractivity contribution in [3.63, 3.8) is 0 Å². The molecule has 3 rings (SSSR count). The molecule has 152 valence electrons. The number of rotatable bonds is 5. The average molecular weight is 397 g/mol. The van der Waals surface area contributed by atoms with Gasteiger partial charge in [-0.3, -0.25) is 23.7 Å². The number of aromatic nitrogens is 1. The number of carbonyl (C=O) groups is 3. The minimum Gasteiger partial charge on any atom is -0.376 e. The summed E-state index contributed by atoms with van der Waals surface area (Å²) in [5.74, 6) is -1.22. The van der Waals surface area contributed by atoms with Crippen molar-refractivity contribution in [3.8, 4) is 5.69 Å². The first-order valence-corrected chi connectivity index (χ1v) is 9.15. The lowest BCUT2D eigenvalue weighted by Crippen LogP contribution is -2.41. The van der Waals surface area contributed by atoms with Crippen LogP contribution in [0.25, 0.3) is 5.69 Å². The molecule has 9 nitrogen and oxygen atoms in total. The van der Waals surface area contributed by atoms with Gasteiger partial charge in [0, 0.05) is 37.6 Å². The number of benzene rings is 1. The molecule has 0 aliphatic carbocycles. The number of nitrogens with zero attached hydrogens (tertiary/aromatic N) is 2. The monoisotopic (exact) mass is 397 g/mol. The summed E-state index contributed by atoms with van der Waals surface area (Å²) >= 11 is 0. The van der Waals surface area contributed by atoms with E-state index in [-0.39, 0.29) is 35.2 Å². The van der Waals surface area contributed by atoms with Gasteiger partial charge in [-0.1, -0.05) is 0 Å². The average Bonchev–Trinajstić information content (AvgIpc) is 2.71. The molecule has 2 aromatic rings. The second kappa shape index (κ2) is 7.78. The third kappa shape index (κ3) is 3.58. The summed E-state index contributed by atoms with van der Waals surface area (Å²) < 4.78 is 1.26. The summed E-state index contributed by atoms with van der Waals surface area (Å²) in [5, 5.41) is 5.47. The molecule has 29 heavy (non-hydrogen) atoms. The summed E-state index contributed by atoms with van der Waals surface area (Å²) in [4.78, 5) is 50.8. The summed E-state index contributed by atoms with van der Waals surface area (Å²) in [5.41, 5.74) is 7.36. The number of fused-ring (bicyclic) bond motifs is 1. The molecule has 0 spiro atoms. The number of nitrogens with two attached hydrogens (primary N) is 1. The molecule has 0 unspecified atom stereocenters. The quantitative estimate of drug-likeness (QED) is 0.656. The van der Waals surface area contributed by atoms with Crippen molar-refractivity contribution < 1.29 is 14.4 Å². The van der Waals surface area contributed by atoms with Gasteiger partial charge in [-0.2, -0.15) is 0 Å². The number of carbonyl (C=O) groups excluding carboxylic acids is 3. The van der Waals surface area contributed by atoms with Crippen LogP contribution in [-0.4, -0.2) is 54.4 Å². The minimum absolute atomic E-state index is 0.0307. The van der Waals surface area contributed by atoms with Crippen LogP contribution in [0.2, 0.25) is 0 Å². The predicted octanol–water partition coefficient (Wildman–Crippen LogP) is 0.0308. The van der Waals surface area contributed by atoms with E-state index < -0.39 is 11.5 Å². The van der Waals surface area contributed by atoms with Gasteiger partial charge >= 0.3 is 0 Å². The van der Waals surface area contributed by atoms with Crippen LogP contribution < -0.4 is 21.9 Å². The van der Waals surface area contributed by atoms with E-state index in [4.69, 9.17) is 5.73 Å². The molecular weight excluding hydrogens is 374 g/mol. The van der Waals surface area contributed by atoms with Gasteiger partial charge in [0.15, 0.2) is 0 Å². The number of hydrogen-bond acceptors (Lipinski definition) is 5. The molecule has 0 saturated heterocycles. The molecule has 4 N–H and O–H groups in total. The Labute approximate surface area is 167 Å². The lowest BCUT2D eigenvalue weighted by Gasteiger charge is -2.28. The lowest BCUT2D eigenvalue weighted by molar-refractivity contribution is -0.118. The summed E-state index contributed by atoms with van der Waals surface area (Å²) in [6.45, 7) is 2.13. The maximum atomic E-state index is 13.1. The molecular formula is C20H23N5O4. The van der Waals surface area contributed by atoms with E-state index in [2.05, 4.69) is 10.6 Å². The van der Waals surface area contributed by atoms with E-state index in [0.717, 1.165) is 0 Å². The predicted molar refractivity (Wildman–Crippen MR) is 109 cm³/mol. The van der Waals surface area contributed by atoms with E-state index in [1.165, 1.54) is 9.47 Å². The molecule has 0 radical (unpaired) electrons. The Bertz CT molecular complexity index is 1060. The summed E-state index contributed by atoms with van der Waals surface area (Å²) in [6.07, 6.45) is 0.433. The molecule has 1 aliphatic heterocycles. The van der Waals surface area contributed by atoms with Gasteiger partial charge < -0.3 is 21.3 Å². The van der Waals surface area contributed by atoms with Gasteiger partial charge in [-0.05, 0) is 43.2 Å². The molecule has 0 saturated carbocycles. The molecule has 0 bridgehead atoms. The van der Waals surface area contributed by atoms with Gasteiger partial charge in [-0.15, -0.1) is 0 Å². The van der Waals surface area contributed by atoms with Gasteiger partial charge in [0.2, 0.25) is 5.91 Å². The largest absolute Gasteiger partial charge is 0.376 e. The maximum absolute atomic E-state index is 13.1. The third-order valence-electron chi connectivity index (χ3n) is 5.06. The van der Waals surface area contributed by atoms with Crippen LogP contribution in [0.4, 0.5) is 5.69 Å². The number of hydrogen-bond donors (Lipinski definition) is 3. The number of pyridine rings is 1. The van der Waals surface area contributed by atoms with Gasteiger partial charge in [-0.25, -0.2) is 0 Å². The zero-order valence-corrected chi connectivity index (χ0v) is 16.5. The maximum Gasteiger partial charge on any atom is 0.266 e. The van der Waals surface area contributed by atoms with E-state index in [1.54, 1.807) is 45.3 Å². The number of amides is 3. The van der Waals surface area contributed by atoms with E-state index >= 15 is 0 Å². The van der Waals surface area contributed by atoms with Crippen molar-refractivity contribution in [2.45, 2.75) is 13.3 Å². The first-order chi connectivity index (χ1) is 13.8. The Morgan fingerprint density at radius 2 is 1.83 bits per heavy atom. The van der Waals surface area contributed by atoms with Crippen molar-refractivity contribution in [2.24, 2.45) is 5.73 Å². The van der Waals surface area contributed by atoms with Crippen LogP contribution in [0.1, 0.15) is 32.0 Å². The number of nitrogens with one attached hydrogen (secondary N) is 2. The summed E-state index contributed by atoms with van der Waals surface area (Å²) in [7, 11) is 3.20. The van der Waals surface area contributed by atoms with Crippen molar-refractivity contribution in [3.05, 3.63) is 57.0 Å². The molecule has 1 aromatic heterocycles. The van der Waals surface area contributed by atoms with Gasteiger partial charge in [0.05, 0.1) is 12.1 Å². The number of anilines is 1. The molecule has 0 fully saturated rings. The van der Waals surface area contributed by atoms with Crippen molar-refractivity contribution >= 4 is 23.4 Å². The first-order valence-electron chi connectivity index (χ1n) is 9.15. The van der Waals surface area contributed by atoms with Crippen molar-refractivity contribution in [1.29, 1.82) is 0 Å². The minimum atomic E-state index is -0.766. The van der Waals surface area contributed by atoms with Crippen LogP contribution >= 0.6 is 0 Å². The highest BCUT2D eigenvalue weighted by atomic mass is 16.2. The fraction of sp³-hybridized carbons (Fsp3) is 0.300. The Balaban J connectivity index is 2.12. The number of likely N-dealkylation sites (N-methyl/N-ethyl adjacent to an activating group) is 2. The van der Waals surface area contributed by atoms with Gasteiger partial charge in [0.1, 0.15) is 5.69 Å². The molecule has 1 aliphatic rings. The second-order valence-electron chi connectivity index (χ2n) is 6.88. The normalized spacial score (nSPS) is 13.1. The fourth-order valence-electron chi connectivity index (χ4n) is 3.47. The molecule has 0 atom stereocenters. The Morgan fingerprint density at radius 3 is 2.41 bits per heavy atom. The Morgan fingerprint density at radius 1 is 1.17 bits per heavy atom. The zero-order valence-electron chi connectivity index (χ0n) is 16.5. The molecule has 9 heteroatoms. The van der Waals surface area contributed by atoms with E-state index in [1.807, 2.05) is 0 Å². The van der Waals surface area contributed by atoms with E-state index in [9.17, 15) is 19.2 Å². The highest BCUT2D eigenvalue weighted by Crippen LogP contribution is 2.25. The SMILES string of the molecule is CNC(=O)CNc1ccc(-n2c(C(N)=O)c3c(c(C)c2=O)C(=O)N(C)CC3)cc1. The smallest absolute Gasteiger partial charge is 0.266 e. The Kier molecular flexibility index (Phi) is 5.40. The fourth-order valence-corrected chi connectivity index (χ4v) is 3.47. The summed E-state index contributed by atoms with van der Waals surface area (Å²) in [6, 6.07) is 6.71. The first kappa shape index (κ1) is 20.1. The van der Waals surface area contributed by atoms with Gasteiger partial charge in [0.25, 0.3) is 17.4 Å². The topological polar surface area (TPSA) is 127 Å².